The first-order chi connectivity index (χ1) is 11.1. The zero-order chi connectivity index (χ0) is 16.4. The van der Waals surface area contributed by atoms with Crippen LogP contribution in [0.3, 0.4) is 0 Å². The Hall–Kier alpha value is -2.88. The summed E-state index contributed by atoms with van der Waals surface area (Å²) in [6.07, 6.45) is 0. The number of anilines is 1. The number of hydrogen-bond donors (Lipinski definition) is 1. The lowest BCUT2D eigenvalue weighted by Crippen LogP contribution is -2.19. The highest BCUT2D eigenvalue weighted by atomic mass is 16.3. The van der Waals surface area contributed by atoms with Crippen molar-refractivity contribution in [3.63, 3.8) is 0 Å². The van der Waals surface area contributed by atoms with Crippen molar-refractivity contribution in [1.29, 1.82) is 0 Å². The second kappa shape index (κ2) is 6.08. The van der Waals surface area contributed by atoms with E-state index in [1.165, 1.54) is 0 Å². The summed E-state index contributed by atoms with van der Waals surface area (Å²) < 4.78 is 5.73. The molecule has 0 unspecified atom stereocenters. The summed E-state index contributed by atoms with van der Waals surface area (Å²) in [5, 5.41) is 3.55. The molecule has 0 bridgehead atoms. The molecule has 3 aromatic rings. The molecule has 0 atom stereocenters. The lowest BCUT2D eigenvalue weighted by Gasteiger charge is -2.08. The minimum absolute atomic E-state index is 0.154. The van der Waals surface area contributed by atoms with Crippen LogP contribution in [0.1, 0.15) is 30.0 Å². The number of carbonyl (C=O) groups is 2. The van der Waals surface area contributed by atoms with Crippen molar-refractivity contribution >= 4 is 28.3 Å². The number of nitrogens with one attached hydrogen (secondary N) is 1. The van der Waals surface area contributed by atoms with E-state index in [0.29, 0.717) is 16.8 Å². The van der Waals surface area contributed by atoms with Gasteiger partial charge in [0.05, 0.1) is 5.69 Å². The van der Waals surface area contributed by atoms with Gasteiger partial charge in [0.1, 0.15) is 5.58 Å². The largest absolute Gasteiger partial charge is 0.450 e. The van der Waals surface area contributed by atoms with E-state index in [1.54, 1.807) is 44.2 Å². The zero-order valence-corrected chi connectivity index (χ0v) is 13.0. The van der Waals surface area contributed by atoms with Gasteiger partial charge in [-0.2, -0.15) is 0 Å². The van der Waals surface area contributed by atoms with Crippen LogP contribution < -0.4 is 5.32 Å². The molecular weight excluding hydrogens is 290 g/mol. The standard InChI is InChI=1S/C19H17NO3/c1-12(2)19(22)20-16-14-10-6-7-11-15(14)23-18(16)17(21)13-8-4-3-5-9-13/h3-12H,1-2H3,(H,20,22). The zero-order valence-electron chi connectivity index (χ0n) is 13.0. The van der Waals surface area contributed by atoms with E-state index >= 15 is 0 Å². The van der Waals surface area contributed by atoms with Crippen LogP contribution in [-0.2, 0) is 4.79 Å². The van der Waals surface area contributed by atoms with Gasteiger partial charge in [0, 0.05) is 16.9 Å². The van der Waals surface area contributed by atoms with Gasteiger partial charge in [-0.15, -0.1) is 0 Å². The number of carbonyl (C=O) groups excluding carboxylic acids is 2. The van der Waals surface area contributed by atoms with Gasteiger partial charge in [0.2, 0.25) is 11.7 Å². The molecule has 0 aliphatic heterocycles. The third kappa shape index (κ3) is 2.88. The average Bonchev–Trinajstić information content (AvgIpc) is 2.93. The van der Waals surface area contributed by atoms with E-state index in [4.69, 9.17) is 4.42 Å². The lowest BCUT2D eigenvalue weighted by molar-refractivity contribution is -0.118. The van der Waals surface area contributed by atoms with Crippen molar-refractivity contribution in [3.05, 3.63) is 65.9 Å². The summed E-state index contributed by atoms with van der Waals surface area (Å²) in [6, 6.07) is 16.2. The number of benzene rings is 2. The second-order valence-corrected chi connectivity index (χ2v) is 5.64. The molecule has 4 heteroatoms. The maximum absolute atomic E-state index is 12.7. The topological polar surface area (TPSA) is 59.3 Å². The van der Waals surface area contributed by atoms with Crippen molar-refractivity contribution in [1.82, 2.24) is 0 Å². The molecule has 23 heavy (non-hydrogen) atoms. The third-order valence-electron chi connectivity index (χ3n) is 3.61. The molecule has 0 aliphatic rings. The summed E-state index contributed by atoms with van der Waals surface area (Å²) in [6.45, 7) is 3.60. The molecule has 0 spiro atoms. The summed E-state index contributed by atoms with van der Waals surface area (Å²) in [4.78, 5) is 24.8. The summed E-state index contributed by atoms with van der Waals surface area (Å²) >= 11 is 0. The maximum atomic E-state index is 12.7. The monoisotopic (exact) mass is 307 g/mol. The minimum atomic E-state index is -0.249. The van der Waals surface area contributed by atoms with Crippen molar-refractivity contribution < 1.29 is 14.0 Å². The molecule has 1 aromatic heterocycles. The van der Waals surface area contributed by atoms with Crippen LogP contribution in [-0.4, -0.2) is 11.7 Å². The van der Waals surface area contributed by atoms with Crippen LogP contribution in [0.4, 0.5) is 5.69 Å². The SMILES string of the molecule is CC(C)C(=O)Nc1c(C(=O)c2ccccc2)oc2ccccc12. The molecule has 1 N–H and O–H groups in total. The normalized spacial score (nSPS) is 10.9. The Balaban J connectivity index is 2.12. The number of amides is 1. The van der Waals surface area contributed by atoms with Gasteiger partial charge in [-0.25, -0.2) is 0 Å². The number of furan rings is 1. The van der Waals surface area contributed by atoms with Crippen LogP contribution in [0.15, 0.2) is 59.0 Å². The Morgan fingerprint density at radius 2 is 1.61 bits per heavy atom. The summed E-state index contributed by atoms with van der Waals surface area (Å²) in [7, 11) is 0. The van der Waals surface area contributed by atoms with E-state index in [2.05, 4.69) is 5.32 Å². The van der Waals surface area contributed by atoms with Crippen molar-refractivity contribution in [2.75, 3.05) is 5.32 Å². The highest BCUT2D eigenvalue weighted by molar-refractivity contribution is 6.17. The van der Waals surface area contributed by atoms with Gasteiger partial charge in [0.25, 0.3) is 0 Å². The minimum Gasteiger partial charge on any atom is -0.450 e. The van der Waals surface area contributed by atoms with E-state index in [-0.39, 0.29) is 23.4 Å². The molecule has 0 aliphatic carbocycles. The van der Waals surface area contributed by atoms with Gasteiger partial charge >= 0.3 is 0 Å². The highest BCUT2D eigenvalue weighted by Gasteiger charge is 2.23. The predicted octanol–water partition coefficient (Wildman–Crippen LogP) is 4.26. The number of fused-ring (bicyclic) bond motifs is 1. The van der Waals surface area contributed by atoms with Gasteiger partial charge in [-0.1, -0.05) is 56.3 Å². The van der Waals surface area contributed by atoms with Crippen molar-refractivity contribution in [3.8, 4) is 0 Å². The third-order valence-corrected chi connectivity index (χ3v) is 3.61. The number of para-hydroxylation sites is 1. The molecule has 0 saturated carbocycles. The highest BCUT2D eigenvalue weighted by Crippen LogP contribution is 2.32. The molecule has 0 fully saturated rings. The van der Waals surface area contributed by atoms with Crippen LogP contribution in [0.5, 0.6) is 0 Å². The average molecular weight is 307 g/mol. The van der Waals surface area contributed by atoms with E-state index in [9.17, 15) is 9.59 Å². The quantitative estimate of drug-likeness (QED) is 0.733. The first kappa shape index (κ1) is 15.0. The Bertz CT molecular complexity index is 863. The fourth-order valence-electron chi connectivity index (χ4n) is 2.32. The first-order valence-electron chi connectivity index (χ1n) is 7.50. The molecule has 0 saturated heterocycles. The van der Waals surface area contributed by atoms with Crippen LogP contribution in [0.25, 0.3) is 11.0 Å². The fourth-order valence-corrected chi connectivity index (χ4v) is 2.32. The van der Waals surface area contributed by atoms with Gasteiger partial charge in [0.15, 0.2) is 5.76 Å². The fraction of sp³-hybridized carbons (Fsp3) is 0.158. The number of hydrogen-bond acceptors (Lipinski definition) is 3. The number of rotatable bonds is 4. The summed E-state index contributed by atoms with van der Waals surface area (Å²) in [5.74, 6) is -0.436. The van der Waals surface area contributed by atoms with Gasteiger partial charge < -0.3 is 9.73 Å². The van der Waals surface area contributed by atoms with Crippen LogP contribution in [0.2, 0.25) is 0 Å². The maximum Gasteiger partial charge on any atom is 0.230 e. The Kier molecular flexibility index (Phi) is 3.98. The Morgan fingerprint density at radius 3 is 2.30 bits per heavy atom. The van der Waals surface area contributed by atoms with E-state index in [0.717, 1.165) is 5.39 Å². The van der Waals surface area contributed by atoms with Gasteiger partial charge in [-0.05, 0) is 12.1 Å². The molecular formula is C19H17NO3. The molecule has 4 nitrogen and oxygen atoms in total. The Morgan fingerprint density at radius 1 is 0.957 bits per heavy atom. The van der Waals surface area contributed by atoms with E-state index in [1.807, 2.05) is 24.3 Å². The summed E-state index contributed by atoms with van der Waals surface area (Å²) in [5.41, 5.74) is 1.53. The lowest BCUT2D eigenvalue weighted by atomic mass is 10.1. The molecule has 3 rings (SSSR count). The smallest absolute Gasteiger partial charge is 0.230 e. The second-order valence-electron chi connectivity index (χ2n) is 5.64. The molecule has 0 radical (unpaired) electrons. The molecule has 1 heterocycles. The van der Waals surface area contributed by atoms with Crippen LogP contribution >= 0.6 is 0 Å². The molecule has 116 valence electrons. The Labute approximate surface area is 134 Å². The predicted molar refractivity (Wildman–Crippen MR) is 89.6 cm³/mol. The molecule has 1 amide bonds. The van der Waals surface area contributed by atoms with Crippen molar-refractivity contribution in [2.24, 2.45) is 5.92 Å². The van der Waals surface area contributed by atoms with Crippen molar-refractivity contribution in [2.45, 2.75) is 13.8 Å². The first-order valence-corrected chi connectivity index (χ1v) is 7.50. The van der Waals surface area contributed by atoms with Gasteiger partial charge in [-0.3, -0.25) is 9.59 Å². The number of ketones is 1. The van der Waals surface area contributed by atoms with E-state index < -0.39 is 0 Å². The van der Waals surface area contributed by atoms with Crippen LogP contribution in [0, 0.1) is 5.92 Å². The molecule has 2 aromatic carbocycles.